The summed E-state index contributed by atoms with van der Waals surface area (Å²) in [5, 5.41) is 2.06. The Kier molecular flexibility index (Phi) is 3.61. The van der Waals surface area contributed by atoms with Gasteiger partial charge in [0.05, 0.1) is 12.2 Å². The van der Waals surface area contributed by atoms with Gasteiger partial charge in [-0.3, -0.25) is 10.1 Å². The topological polar surface area (TPSA) is 101 Å². The molecule has 0 aromatic heterocycles. The molecule has 0 radical (unpaired) electrons. The minimum absolute atomic E-state index is 0.0972. The molecule has 0 spiro atoms. The van der Waals surface area contributed by atoms with Gasteiger partial charge in [0.2, 0.25) is 5.91 Å². The minimum atomic E-state index is -0.834. The summed E-state index contributed by atoms with van der Waals surface area (Å²) in [5.41, 5.74) is 12.2. The van der Waals surface area contributed by atoms with Crippen LogP contribution >= 0.6 is 11.8 Å². The lowest BCUT2D eigenvalue weighted by Crippen LogP contribution is -2.43. The molecule has 1 aliphatic heterocycles. The number of nitrogens with two attached hydrogens (primary N) is 2. The number of anilines is 2. The van der Waals surface area contributed by atoms with E-state index >= 15 is 0 Å². The fraction of sp³-hybridized carbons (Fsp3) is 0.273. The normalized spacial score (nSPS) is 13.9. The van der Waals surface area contributed by atoms with Crippen LogP contribution < -0.4 is 21.7 Å². The second-order valence-electron chi connectivity index (χ2n) is 3.91. The number of rotatable bonds is 2. The number of fused-ring (bicyclic) bond motifs is 1. The van der Waals surface area contributed by atoms with E-state index in [4.69, 9.17) is 11.5 Å². The number of nitrogens with zero attached hydrogens (tertiary/aromatic N) is 1. The Morgan fingerprint density at radius 2 is 2.22 bits per heavy atom. The second-order valence-corrected chi connectivity index (χ2v) is 5.05. The van der Waals surface area contributed by atoms with Gasteiger partial charge >= 0.3 is 6.03 Å². The van der Waals surface area contributed by atoms with Gasteiger partial charge in [0, 0.05) is 22.9 Å². The molecule has 5 N–H and O–H groups in total. The summed E-state index contributed by atoms with van der Waals surface area (Å²) in [7, 11) is 0. The zero-order chi connectivity index (χ0) is 13.1. The van der Waals surface area contributed by atoms with E-state index < -0.39 is 11.9 Å². The zero-order valence-electron chi connectivity index (χ0n) is 9.68. The van der Waals surface area contributed by atoms with E-state index in [-0.39, 0.29) is 6.54 Å². The quantitative estimate of drug-likeness (QED) is 0.672. The summed E-state index contributed by atoms with van der Waals surface area (Å²) in [4.78, 5) is 25.1. The molecule has 0 unspecified atom stereocenters. The predicted molar refractivity (Wildman–Crippen MR) is 71.5 cm³/mol. The van der Waals surface area contributed by atoms with E-state index in [1.165, 1.54) is 0 Å². The van der Waals surface area contributed by atoms with Crippen LogP contribution in [0.5, 0.6) is 0 Å². The van der Waals surface area contributed by atoms with Crippen molar-refractivity contribution in [3.63, 3.8) is 0 Å². The maximum absolute atomic E-state index is 11.5. The van der Waals surface area contributed by atoms with E-state index in [1.54, 1.807) is 11.8 Å². The van der Waals surface area contributed by atoms with Crippen molar-refractivity contribution < 1.29 is 9.59 Å². The summed E-state index contributed by atoms with van der Waals surface area (Å²) < 4.78 is 0. The Labute approximate surface area is 109 Å². The molecule has 7 heteroatoms. The Balaban J connectivity index is 2.14. The Hall–Kier alpha value is -1.89. The molecular weight excluding hydrogens is 252 g/mol. The van der Waals surface area contributed by atoms with Crippen LogP contribution in [0.2, 0.25) is 0 Å². The molecule has 2 rings (SSSR count). The van der Waals surface area contributed by atoms with Gasteiger partial charge in [0.15, 0.2) is 0 Å². The van der Waals surface area contributed by atoms with Gasteiger partial charge in [0.1, 0.15) is 0 Å². The van der Waals surface area contributed by atoms with Crippen molar-refractivity contribution in [1.29, 1.82) is 0 Å². The Bertz CT molecular complexity index is 492. The monoisotopic (exact) mass is 266 g/mol. The first kappa shape index (κ1) is 12.6. The summed E-state index contributed by atoms with van der Waals surface area (Å²) in [6, 6.07) is 4.77. The third kappa shape index (κ3) is 2.86. The zero-order valence-corrected chi connectivity index (χ0v) is 10.5. The van der Waals surface area contributed by atoms with E-state index in [1.807, 2.05) is 23.1 Å². The number of primary amides is 1. The summed E-state index contributed by atoms with van der Waals surface area (Å²) in [6.45, 7) is 0.827. The Morgan fingerprint density at radius 3 is 2.94 bits per heavy atom. The summed E-state index contributed by atoms with van der Waals surface area (Å²) in [5.74, 6) is 0.476. The van der Waals surface area contributed by atoms with Crippen molar-refractivity contribution in [2.75, 3.05) is 29.5 Å². The molecule has 0 aliphatic carbocycles. The summed E-state index contributed by atoms with van der Waals surface area (Å²) >= 11 is 1.72. The number of hydrogen-bond donors (Lipinski definition) is 3. The summed E-state index contributed by atoms with van der Waals surface area (Å²) in [6.07, 6.45) is 0. The van der Waals surface area contributed by atoms with E-state index in [9.17, 15) is 9.59 Å². The first-order chi connectivity index (χ1) is 8.56. The molecule has 1 aliphatic rings. The highest BCUT2D eigenvalue weighted by molar-refractivity contribution is 7.99. The first-order valence-electron chi connectivity index (χ1n) is 5.43. The lowest BCUT2D eigenvalue weighted by Gasteiger charge is -2.30. The number of thioether (sulfide) groups is 1. The van der Waals surface area contributed by atoms with Crippen molar-refractivity contribution in [1.82, 2.24) is 5.32 Å². The smallest absolute Gasteiger partial charge is 0.318 e. The molecule has 0 fully saturated rings. The Morgan fingerprint density at radius 1 is 1.44 bits per heavy atom. The number of nitrogens with one attached hydrogen (secondary N) is 1. The van der Waals surface area contributed by atoms with Crippen LogP contribution in [0.1, 0.15) is 0 Å². The van der Waals surface area contributed by atoms with Crippen LogP contribution in [0.25, 0.3) is 0 Å². The number of urea groups is 1. The molecule has 18 heavy (non-hydrogen) atoms. The molecule has 6 nitrogen and oxygen atoms in total. The number of imide groups is 1. The van der Waals surface area contributed by atoms with Crippen molar-refractivity contribution in [3.05, 3.63) is 18.2 Å². The van der Waals surface area contributed by atoms with Crippen LogP contribution in [-0.4, -0.2) is 30.8 Å². The molecule has 96 valence electrons. The SMILES string of the molecule is NC(=O)NC(=O)CN1CCSc2ccc(N)cc21. The number of benzene rings is 1. The van der Waals surface area contributed by atoms with Crippen LogP contribution in [0.15, 0.2) is 23.1 Å². The van der Waals surface area contributed by atoms with Crippen LogP contribution in [0.3, 0.4) is 0 Å². The number of carbonyl (C=O) groups is 2. The molecule has 0 atom stereocenters. The van der Waals surface area contributed by atoms with Gasteiger partial charge < -0.3 is 16.4 Å². The fourth-order valence-electron chi connectivity index (χ4n) is 1.80. The fourth-order valence-corrected chi connectivity index (χ4v) is 2.84. The van der Waals surface area contributed by atoms with Crippen molar-refractivity contribution in [3.8, 4) is 0 Å². The van der Waals surface area contributed by atoms with Crippen molar-refractivity contribution in [2.24, 2.45) is 5.73 Å². The average Bonchev–Trinajstić information content (AvgIpc) is 2.28. The molecule has 0 saturated heterocycles. The van der Waals surface area contributed by atoms with Gasteiger partial charge in [0.25, 0.3) is 0 Å². The number of carbonyl (C=O) groups excluding carboxylic acids is 2. The van der Waals surface area contributed by atoms with Crippen molar-refractivity contribution >= 4 is 35.1 Å². The van der Waals surface area contributed by atoms with Gasteiger partial charge in [-0.1, -0.05) is 0 Å². The van der Waals surface area contributed by atoms with Crippen molar-refractivity contribution in [2.45, 2.75) is 4.90 Å². The lowest BCUT2D eigenvalue weighted by atomic mass is 10.2. The number of nitrogen functional groups attached to an aromatic ring is 1. The minimum Gasteiger partial charge on any atom is -0.399 e. The van der Waals surface area contributed by atoms with E-state index in [0.717, 1.165) is 22.9 Å². The largest absolute Gasteiger partial charge is 0.399 e. The van der Waals surface area contributed by atoms with Crippen LogP contribution in [0, 0.1) is 0 Å². The lowest BCUT2D eigenvalue weighted by molar-refractivity contribution is -0.118. The molecule has 0 saturated carbocycles. The van der Waals surface area contributed by atoms with Crippen LogP contribution in [0.4, 0.5) is 16.2 Å². The highest BCUT2D eigenvalue weighted by atomic mass is 32.2. The predicted octanol–water partition coefficient (Wildman–Crippen LogP) is 0.376. The molecule has 1 heterocycles. The standard InChI is InChI=1S/C11H14N4O2S/c12-7-1-2-9-8(5-7)15(3-4-18-9)6-10(16)14-11(13)17/h1-2,5H,3-4,6,12H2,(H3,13,14,16,17). The average molecular weight is 266 g/mol. The maximum atomic E-state index is 11.5. The molecule has 3 amide bonds. The third-order valence-electron chi connectivity index (χ3n) is 2.54. The number of amides is 3. The molecule has 1 aromatic carbocycles. The van der Waals surface area contributed by atoms with Gasteiger partial charge in [-0.2, -0.15) is 0 Å². The highest BCUT2D eigenvalue weighted by Crippen LogP contribution is 2.35. The van der Waals surface area contributed by atoms with E-state index in [2.05, 4.69) is 5.32 Å². The van der Waals surface area contributed by atoms with Crippen LogP contribution in [-0.2, 0) is 4.79 Å². The van der Waals surface area contributed by atoms with Gasteiger partial charge in [-0.15, -0.1) is 11.8 Å². The molecule has 0 bridgehead atoms. The highest BCUT2D eigenvalue weighted by Gasteiger charge is 2.20. The van der Waals surface area contributed by atoms with Gasteiger partial charge in [-0.25, -0.2) is 4.79 Å². The third-order valence-corrected chi connectivity index (χ3v) is 3.58. The number of hydrogen-bond acceptors (Lipinski definition) is 5. The van der Waals surface area contributed by atoms with Gasteiger partial charge in [-0.05, 0) is 18.2 Å². The maximum Gasteiger partial charge on any atom is 0.318 e. The van der Waals surface area contributed by atoms with E-state index in [0.29, 0.717) is 5.69 Å². The first-order valence-corrected chi connectivity index (χ1v) is 6.41. The second kappa shape index (κ2) is 5.18. The molecular formula is C11H14N4O2S. The molecule has 1 aromatic rings.